The lowest BCUT2D eigenvalue weighted by atomic mass is 9.92. The van der Waals surface area contributed by atoms with Crippen LogP contribution in [0.25, 0.3) is 0 Å². The van der Waals surface area contributed by atoms with E-state index in [1.807, 2.05) is 0 Å². The minimum absolute atomic E-state index is 0.0628. The molecule has 1 aromatic rings. The number of thioether (sulfide) groups is 1. The van der Waals surface area contributed by atoms with E-state index >= 15 is 0 Å². The van der Waals surface area contributed by atoms with Crippen molar-refractivity contribution in [3.8, 4) is 12.1 Å². The number of nitriles is 2. The molecule has 2 atom stereocenters. The van der Waals surface area contributed by atoms with Gasteiger partial charge in [-0.15, -0.1) is 11.8 Å². The first-order valence-corrected chi connectivity index (χ1v) is 7.63. The van der Waals surface area contributed by atoms with Crippen molar-refractivity contribution in [2.24, 2.45) is 5.41 Å². The summed E-state index contributed by atoms with van der Waals surface area (Å²) in [6.07, 6.45) is 4.18. The second-order valence-electron chi connectivity index (χ2n) is 5.90. The molecule has 5 nitrogen and oxygen atoms in total. The lowest BCUT2D eigenvalue weighted by Crippen LogP contribution is -2.40. The SMILES string of the molecule is CC(C)(C#N)C(=O)N1C[C@@H]2C[C@H]1c1cncc(C#N)c1S2. The van der Waals surface area contributed by atoms with Gasteiger partial charge in [0.05, 0.1) is 17.7 Å². The molecule has 1 fully saturated rings. The number of nitrogens with zero attached hydrogens (tertiary/aromatic N) is 4. The van der Waals surface area contributed by atoms with E-state index in [1.165, 1.54) is 0 Å². The van der Waals surface area contributed by atoms with Gasteiger partial charge in [-0.3, -0.25) is 9.78 Å². The number of rotatable bonds is 1. The highest BCUT2D eigenvalue weighted by molar-refractivity contribution is 8.00. The maximum Gasteiger partial charge on any atom is 0.243 e. The van der Waals surface area contributed by atoms with Crippen molar-refractivity contribution < 1.29 is 4.79 Å². The molecule has 0 N–H and O–H groups in total. The largest absolute Gasteiger partial charge is 0.333 e. The van der Waals surface area contributed by atoms with E-state index in [9.17, 15) is 15.3 Å². The quantitative estimate of drug-likeness (QED) is 0.794. The van der Waals surface area contributed by atoms with Gasteiger partial charge >= 0.3 is 0 Å². The highest BCUT2D eigenvalue weighted by Crippen LogP contribution is 2.50. The molecule has 1 aromatic heterocycles. The van der Waals surface area contributed by atoms with Gasteiger partial charge in [-0.2, -0.15) is 10.5 Å². The van der Waals surface area contributed by atoms with Gasteiger partial charge < -0.3 is 4.90 Å². The Kier molecular flexibility index (Phi) is 3.15. The van der Waals surface area contributed by atoms with Gasteiger partial charge in [0.2, 0.25) is 5.91 Å². The first kappa shape index (κ1) is 13.9. The van der Waals surface area contributed by atoms with Gasteiger partial charge in [0.15, 0.2) is 0 Å². The Morgan fingerprint density at radius 1 is 1.48 bits per heavy atom. The van der Waals surface area contributed by atoms with E-state index in [1.54, 1.807) is 42.9 Å². The van der Waals surface area contributed by atoms with Crippen molar-refractivity contribution >= 4 is 17.7 Å². The van der Waals surface area contributed by atoms with Gasteiger partial charge in [0.25, 0.3) is 0 Å². The number of hydrogen-bond acceptors (Lipinski definition) is 5. The number of likely N-dealkylation sites (tertiary alicyclic amines) is 1. The lowest BCUT2D eigenvalue weighted by molar-refractivity contribution is -0.138. The van der Waals surface area contributed by atoms with E-state index in [4.69, 9.17) is 0 Å². The number of carbonyl (C=O) groups excluding carboxylic acids is 1. The average molecular weight is 298 g/mol. The minimum atomic E-state index is -1.03. The fourth-order valence-corrected chi connectivity index (χ4v) is 4.29. The molecule has 2 bridgehead atoms. The molecule has 0 unspecified atom stereocenters. The molecule has 0 aromatic carbocycles. The van der Waals surface area contributed by atoms with Crippen LogP contribution in [0.5, 0.6) is 0 Å². The Morgan fingerprint density at radius 3 is 2.90 bits per heavy atom. The number of aromatic nitrogens is 1. The molecule has 3 heterocycles. The molecular formula is C15H14N4OS. The van der Waals surface area contributed by atoms with Crippen LogP contribution >= 0.6 is 11.8 Å². The van der Waals surface area contributed by atoms with Crippen molar-refractivity contribution in [3.63, 3.8) is 0 Å². The van der Waals surface area contributed by atoms with Crippen LogP contribution in [0.3, 0.4) is 0 Å². The van der Waals surface area contributed by atoms with E-state index < -0.39 is 5.41 Å². The fraction of sp³-hybridized carbons (Fsp3) is 0.467. The Morgan fingerprint density at radius 2 is 2.24 bits per heavy atom. The molecule has 0 spiro atoms. The van der Waals surface area contributed by atoms with Crippen LogP contribution in [-0.2, 0) is 4.79 Å². The second-order valence-corrected chi connectivity index (χ2v) is 7.21. The monoisotopic (exact) mass is 298 g/mol. The Balaban J connectivity index is 2.02. The van der Waals surface area contributed by atoms with Crippen LogP contribution in [0.15, 0.2) is 17.3 Å². The van der Waals surface area contributed by atoms with Crippen molar-refractivity contribution in [2.75, 3.05) is 6.54 Å². The molecule has 1 saturated heterocycles. The summed E-state index contributed by atoms with van der Waals surface area (Å²) in [7, 11) is 0. The molecular weight excluding hydrogens is 284 g/mol. The molecule has 2 aliphatic heterocycles. The summed E-state index contributed by atoms with van der Waals surface area (Å²) in [5.41, 5.74) is 0.485. The first-order valence-electron chi connectivity index (χ1n) is 6.75. The van der Waals surface area contributed by atoms with Crippen LogP contribution < -0.4 is 0 Å². The summed E-state index contributed by atoms with van der Waals surface area (Å²) in [5.74, 6) is -0.145. The number of carbonyl (C=O) groups is 1. The number of pyridine rings is 1. The third-order valence-corrected chi connectivity index (χ3v) is 5.39. The minimum Gasteiger partial charge on any atom is -0.333 e. The van der Waals surface area contributed by atoms with Crippen molar-refractivity contribution in [1.29, 1.82) is 10.5 Å². The molecule has 2 aliphatic rings. The van der Waals surface area contributed by atoms with E-state index in [0.717, 1.165) is 16.9 Å². The van der Waals surface area contributed by atoms with Gasteiger partial charge in [-0.25, -0.2) is 0 Å². The fourth-order valence-electron chi connectivity index (χ4n) is 2.89. The topological polar surface area (TPSA) is 80.8 Å². The summed E-state index contributed by atoms with van der Waals surface area (Å²) >= 11 is 1.65. The third kappa shape index (κ3) is 2.07. The highest BCUT2D eigenvalue weighted by Gasteiger charge is 2.46. The summed E-state index contributed by atoms with van der Waals surface area (Å²) in [6.45, 7) is 3.92. The van der Waals surface area contributed by atoms with Crippen molar-refractivity contribution in [1.82, 2.24) is 9.88 Å². The number of fused-ring (bicyclic) bond motifs is 4. The Hall–Kier alpha value is -2.05. The third-order valence-electron chi connectivity index (χ3n) is 4.03. The zero-order valence-corrected chi connectivity index (χ0v) is 12.6. The molecule has 3 rings (SSSR count). The Labute approximate surface area is 127 Å². The first-order chi connectivity index (χ1) is 9.97. The molecule has 106 valence electrons. The van der Waals surface area contributed by atoms with Crippen molar-refractivity contribution in [3.05, 3.63) is 23.5 Å². The maximum absolute atomic E-state index is 12.6. The van der Waals surface area contributed by atoms with Gasteiger partial charge in [0.1, 0.15) is 11.5 Å². The highest BCUT2D eigenvalue weighted by atomic mass is 32.2. The van der Waals surface area contributed by atoms with Crippen LogP contribution in [0, 0.1) is 28.1 Å². The lowest BCUT2D eigenvalue weighted by Gasteiger charge is -2.30. The number of amides is 1. The Bertz CT molecular complexity index is 701. The van der Waals surface area contributed by atoms with Crippen molar-refractivity contribution in [2.45, 2.75) is 36.5 Å². The van der Waals surface area contributed by atoms with Gasteiger partial charge in [-0.1, -0.05) is 0 Å². The normalized spacial score (nSPS) is 23.1. The molecule has 6 heteroatoms. The molecule has 0 aliphatic carbocycles. The molecule has 1 amide bonds. The van der Waals surface area contributed by atoms with E-state index in [0.29, 0.717) is 12.1 Å². The molecule has 21 heavy (non-hydrogen) atoms. The van der Waals surface area contributed by atoms with Crippen LogP contribution in [0.4, 0.5) is 0 Å². The summed E-state index contributed by atoms with van der Waals surface area (Å²) in [6, 6.07) is 4.19. The van der Waals surface area contributed by atoms with E-state index in [2.05, 4.69) is 17.1 Å². The zero-order chi connectivity index (χ0) is 15.2. The summed E-state index contributed by atoms with van der Waals surface area (Å²) in [4.78, 5) is 19.5. The number of hydrogen-bond donors (Lipinski definition) is 0. The maximum atomic E-state index is 12.6. The predicted molar refractivity (Wildman–Crippen MR) is 77.1 cm³/mol. The molecule has 0 radical (unpaired) electrons. The van der Waals surface area contributed by atoms with Crippen LogP contribution in [-0.4, -0.2) is 27.6 Å². The summed E-state index contributed by atoms with van der Waals surface area (Å²) < 4.78 is 0. The van der Waals surface area contributed by atoms with Crippen LogP contribution in [0.2, 0.25) is 0 Å². The van der Waals surface area contributed by atoms with E-state index in [-0.39, 0.29) is 17.2 Å². The predicted octanol–water partition coefficient (Wildman–Crippen LogP) is 2.25. The second kappa shape index (κ2) is 4.75. The zero-order valence-electron chi connectivity index (χ0n) is 11.8. The van der Waals surface area contributed by atoms with Gasteiger partial charge in [-0.05, 0) is 20.3 Å². The van der Waals surface area contributed by atoms with Gasteiger partial charge in [0, 0.05) is 34.6 Å². The smallest absolute Gasteiger partial charge is 0.243 e. The standard InChI is InChI=1S/C15H14N4OS/c1-15(2,8-17)14(20)19-7-10-3-12(19)11-6-18-5-9(4-16)13(11)21-10/h5-6,10,12H,3,7H2,1-2H3/t10-,12-/m0/s1. The van der Waals surface area contributed by atoms with Crippen LogP contribution in [0.1, 0.15) is 37.4 Å². The summed E-state index contributed by atoms with van der Waals surface area (Å²) in [5, 5.41) is 18.7. The molecule has 0 saturated carbocycles. The average Bonchev–Trinajstić information content (AvgIpc) is 2.84.